The third kappa shape index (κ3) is 5.06. The van der Waals surface area contributed by atoms with Crippen LogP contribution < -0.4 is 10.1 Å². The number of rotatable bonds is 6. The van der Waals surface area contributed by atoms with Crippen LogP contribution in [0.3, 0.4) is 0 Å². The van der Waals surface area contributed by atoms with Crippen molar-refractivity contribution in [2.24, 2.45) is 0 Å². The van der Waals surface area contributed by atoms with Gasteiger partial charge in [-0.05, 0) is 38.0 Å². The molecule has 0 unspecified atom stereocenters. The summed E-state index contributed by atoms with van der Waals surface area (Å²) in [5.41, 5.74) is -0.723. The molecule has 26 heavy (non-hydrogen) atoms. The van der Waals surface area contributed by atoms with E-state index in [4.69, 9.17) is 21.4 Å². The number of nitro benzene ring substituents is 1. The second-order valence-electron chi connectivity index (χ2n) is 6.22. The molecule has 1 amide bonds. The number of nitrogens with one attached hydrogen (secondary N) is 1. The molecule has 0 radical (unpaired) electrons. The summed E-state index contributed by atoms with van der Waals surface area (Å²) in [7, 11) is 0. The van der Waals surface area contributed by atoms with Crippen molar-refractivity contribution >= 4 is 23.4 Å². The van der Waals surface area contributed by atoms with Gasteiger partial charge in [-0.2, -0.15) is 0 Å². The van der Waals surface area contributed by atoms with Crippen LogP contribution >= 0.6 is 11.6 Å². The van der Waals surface area contributed by atoms with Gasteiger partial charge in [-0.1, -0.05) is 17.7 Å². The topological polar surface area (TPSA) is 102 Å². The van der Waals surface area contributed by atoms with Crippen LogP contribution in [0.25, 0.3) is 0 Å². The molecule has 0 aromatic heterocycles. The van der Waals surface area contributed by atoms with E-state index in [9.17, 15) is 19.3 Å². The number of carboxylic acid groups (broad SMARTS) is 1. The maximum Gasteiger partial charge on any atom is 0.405 e. The lowest BCUT2D eigenvalue weighted by Crippen LogP contribution is -2.44. The first-order valence-corrected chi connectivity index (χ1v) is 7.86. The molecule has 2 rings (SSSR count). The lowest BCUT2D eigenvalue weighted by molar-refractivity contribution is -0.384. The Morgan fingerprint density at radius 3 is 2.58 bits per heavy atom. The van der Waals surface area contributed by atoms with Gasteiger partial charge >= 0.3 is 6.09 Å². The van der Waals surface area contributed by atoms with Crippen molar-refractivity contribution in [2.75, 3.05) is 0 Å². The van der Waals surface area contributed by atoms with Crippen molar-refractivity contribution in [3.05, 3.63) is 62.9 Å². The second-order valence-corrected chi connectivity index (χ2v) is 6.63. The average molecular weight is 383 g/mol. The van der Waals surface area contributed by atoms with Crippen LogP contribution in [0.5, 0.6) is 11.5 Å². The number of amides is 1. The monoisotopic (exact) mass is 382 g/mol. The molecule has 138 valence electrons. The molecule has 0 saturated carbocycles. The SMILES string of the molecule is CC(C)(Cc1ccc(Oc2ccc([N+](=O)[O-])cc2Cl)cc1F)NC(=O)O. The van der Waals surface area contributed by atoms with Crippen molar-refractivity contribution in [3.8, 4) is 11.5 Å². The fourth-order valence-electron chi connectivity index (χ4n) is 2.36. The van der Waals surface area contributed by atoms with Crippen LogP contribution in [-0.2, 0) is 6.42 Å². The van der Waals surface area contributed by atoms with Gasteiger partial charge in [-0.3, -0.25) is 10.1 Å². The highest BCUT2D eigenvalue weighted by atomic mass is 35.5. The molecule has 7 nitrogen and oxygen atoms in total. The van der Waals surface area contributed by atoms with Crippen molar-refractivity contribution in [2.45, 2.75) is 25.8 Å². The smallest absolute Gasteiger partial charge is 0.405 e. The van der Waals surface area contributed by atoms with E-state index in [1.807, 2.05) is 0 Å². The summed E-state index contributed by atoms with van der Waals surface area (Å²) in [6, 6.07) is 7.83. The first kappa shape index (κ1) is 19.5. The Bertz CT molecular complexity index is 857. The lowest BCUT2D eigenvalue weighted by Gasteiger charge is -2.24. The molecule has 0 heterocycles. The van der Waals surface area contributed by atoms with Gasteiger partial charge in [-0.15, -0.1) is 0 Å². The molecule has 9 heteroatoms. The quantitative estimate of drug-likeness (QED) is 0.553. The number of nitro groups is 1. The summed E-state index contributed by atoms with van der Waals surface area (Å²) >= 11 is 5.94. The Morgan fingerprint density at radius 1 is 1.35 bits per heavy atom. The van der Waals surface area contributed by atoms with E-state index in [1.165, 1.54) is 24.3 Å². The van der Waals surface area contributed by atoms with Crippen molar-refractivity contribution in [1.29, 1.82) is 0 Å². The third-order valence-corrected chi connectivity index (χ3v) is 3.75. The number of nitrogens with zero attached hydrogens (tertiary/aromatic N) is 1. The minimum atomic E-state index is -1.19. The van der Waals surface area contributed by atoms with Crippen LogP contribution in [-0.4, -0.2) is 21.7 Å². The molecule has 0 fully saturated rings. The summed E-state index contributed by atoms with van der Waals surface area (Å²) in [6.07, 6.45) is -1.05. The van der Waals surface area contributed by atoms with E-state index >= 15 is 0 Å². The normalized spacial score (nSPS) is 11.1. The fraction of sp³-hybridized carbons (Fsp3) is 0.235. The molecule has 0 aliphatic heterocycles. The maximum absolute atomic E-state index is 14.3. The predicted octanol–water partition coefficient (Wildman–Crippen LogP) is 4.77. The Hall–Kier alpha value is -2.87. The molecule has 0 bridgehead atoms. The Labute approximate surface area is 153 Å². The number of benzene rings is 2. The van der Waals surface area contributed by atoms with Gasteiger partial charge in [0.2, 0.25) is 0 Å². The second kappa shape index (κ2) is 7.57. The van der Waals surface area contributed by atoms with Gasteiger partial charge in [0, 0.05) is 23.7 Å². The maximum atomic E-state index is 14.3. The number of ether oxygens (including phenoxy) is 1. The highest BCUT2D eigenvalue weighted by Gasteiger charge is 2.22. The number of hydrogen-bond acceptors (Lipinski definition) is 4. The number of non-ortho nitro benzene ring substituents is 1. The molecule has 2 aromatic rings. The van der Waals surface area contributed by atoms with Gasteiger partial charge in [0.25, 0.3) is 5.69 Å². The van der Waals surface area contributed by atoms with Crippen LogP contribution in [0, 0.1) is 15.9 Å². The predicted molar refractivity (Wildman–Crippen MR) is 93.5 cm³/mol. The minimum Gasteiger partial charge on any atom is -0.465 e. The van der Waals surface area contributed by atoms with Crippen molar-refractivity contribution in [3.63, 3.8) is 0 Å². The van der Waals surface area contributed by atoms with E-state index in [0.717, 1.165) is 12.1 Å². The van der Waals surface area contributed by atoms with Gasteiger partial charge in [0.15, 0.2) is 0 Å². The molecule has 0 atom stereocenters. The first-order valence-electron chi connectivity index (χ1n) is 7.49. The lowest BCUT2D eigenvalue weighted by atomic mass is 9.95. The molecular formula is C17H16ClFN2O5. The van der Waals surface area contributed by atoms with Crippen molar-refractivity contribution in [1.82, 2.24) is 5.32 Å². The summed E-state index contributed by atoms with van der Waals surface area (Å²) in [5.74, 6) is -0.260. The fourth-order valence-corrected chi connectivity index (χ4v) is 2.57. The number of carbonyl (C=O) groups is 1. The average Bonchev–Trinajstić information content (AvgIpc) is 2.50. The first-order chi connectivity index (χ1) is 12.1. The van der Waals surface area contributed by atoms with Crippen molar-refractivity contribution < 1.29 is 24.0 Å². The van der Waals surface area contributed by atoms with Gasteiger partial charge in [0.1, 0.15) is 17.3 Å². The Morgan fingerprint density at radius 2 is 2.04 bits per heavy atom. The van der Waals surface area contributed by atoms with Gasteiger partial charge < -0.3 is 15.2 Å². The third-order valence-electron chi connectivity index (χ3n) is 3.46. The Balaban J connectivity index is 2.17. The molecule has 0 saturated heterocycles. The number of hydrogen-bond donors (Lipinski definition) is 2. The highest BCUT2D eigenvalue weighted by molar-refractivity contribution is 6.32. The molecule has 0 aliphatic rings. The van der Waals surface area contributed by atoms with E-state index in [1.54, 1.807) is 13.8 Å². The van der Waals surface area contributed by atoms with Crippen LogP contribution in [0.2, 0.25) is 5.02 Å². The standard InChI is InChI=1S/C17H16ClFN2O5/c1-17(2,20-16(22)23)9-10-3-5-12(8-14(10)19)26-15-6-4-11(21(24)25)7-13(15)18/h3-8,20H,9H2,1-2H3,(H,22,23). The zero-order valence-corrected chi connectivity index (χ0v) is 14.7. The summed E-state index contributed by atoms with van der Waals surface area (Å²) < 4.78 is 19.8. The Kier molecular flexibility index (Phi) is 5.66. The van der Waals surface area contributed by atoms with E-state index < -0.39 is 22.4 Å². The van der Waals surface area contributed by atoms with Gasteiger partial charge in [0.05, 0.1) is 9.95 Å². The molecular weight excluding hydrogens is 367 g/mol. The van der Waals surface area contributed by atoms with E-state index in [2.05, 4.69) is 5.32 Å². The molecule has 2 N–H and O–H groups in total. The number of halogens is 2. The largest absolute Gasteiger partial charge is 0.465 e. The summed E-state index contributed by atoms with van der Waals surface area (Å²) in [5, 5.41) is 21.8. The zero-order valence-electron chi connectivity index (χ0n) is 14.0. The molecule has 0 aliphatic carbocycles. The van der Waals surface area contributed by atoms with Crippen LogP contribution in [0.15, 0.2) is 36.4 Å². The van der Waals surface area contributed by atoms with E-state index in [-0.39, 0.29) is 28.6 Å². The van der Waals surface area contributed by atoms with Gasteiger partial charge in [-0.25, -0.2) is 9.18 Å². The van der Waals surface area contributed by atoms with Crippen LogP contribution in [0.1, 0.15) is 19.4 Å². The minimum absolute atomic E-state index is 0.0236. The molecule has 0 spiro atoms. The summed E-state index contributed by atoms with van der Waals surface area (Å²) in [4.78, 5) is 20.9. The van der Waals surface area contributed by atoms with Crippen LogP contribution in [0.4, 0.5) is 14.9 Å². The summed E-state index contributed by atoms with van der Waals surface area (Å²) in [6.45, 7) is 3.28. The highest BCUT2D eigenvalue weighted by Crippen LogP contribution is 2.33. The zero-order chi connectivity index (χ0) is 19.5. The van der Waals surface area contributed by atoms with E-state index in [0.29, 0.717) is 5.56 Å². The molecule has 2 aromatic carbocycles.